The third-order valence-electron chi connectivity index (χ3n) is 3.09. The molecular weight excluding hydrogens is 234 g/mol. The summed E-state index contributed by atoms with van der Waals surface area (Å²) < 4.78 is 0. The molecule has 1 unspecified atom stereocenters. The van der Waals surface area contributed by atoms with Gasteiger partial charge in [0, 0.05) is 19.1 Å². The van der Waals surface area contributed by atoms with Crippen LogP contribution in [0, 0.1) is 0 Å². The second-order valence-electron chi connectivity index (χ2n) is 4.57. The fraction of sp³-hybridized carbons (Fsp3) is 0.727. The Balaban J connectivity index is 2.17. The van der Waals surface area contributed by atoms with E-state index in [1.807, 2.05) is 4.90 Å². The zero-order chi connectivity index (χ0) is 13.0. The third-order valence-corrected chi connectivity index (χ3v) is 3.09. The van der Waals surface area contributed by atoms with Crippen molar-refractivity contribution in [2.24, 2.45) is 0 Å². The van der Waals surface area contributed by atoms with Crippen molar-refractivity contribution in [2.75, 3.05) is 24.5 Å². The number of hydrogen-bond donors (Lipinski definition) is 3. The van der Waals surface area contributed by atoms with Crippen LogP contribution in [-0.4, -0.2) is 40.9 Å². The maximum atomic E-state index is 11.7. The Hall–Kier alpha value is -1.63. The summed E-state index contributed by atoms with van der Waals surface area (Å²) in [6.45, 7) is 4.57. The summed E-state index contributed by atoms with van der Waals surface area (Å²) in [6.07, 6.45) is 3.20. The molecule has 7 nitrogen and oxygen atoms in total. The summed E-state index contributed by atoms with van der Waals surface area (Å²) in [7, 11) is 0. The summed E-state index contributed by atoms with van der Waals surface area (Å²) in [5.74, 6) is 0.296. The Morgan fingerprint density at radius 2 is 2.28 bits per heavy atom. The monoisotopic (exact) mass is 253 g/mol. The number of aromatic amines is 2. The fourth-order valence-corrected chi connectivity index (χ4v) is 2.29. The lowest BCUT2D eigenvalue weighted by Crippen LogP contribution is -2.42. The van der Waals surface area contributed by atoms with Crippen molar-refractivity contribution in [3.05, 3.63) is 20.8 Å². The van der Waals surface area contributed by atoms with Gasteiger partial charge in [-0.15, -0.1) is 5.10 Å². The van der Waals surface area contributed by atoms with E-state index in [1.54, 1.807) is 0 Å². The van der Waals surface area contributed by atoms with Crippen LogP contribution in [0.4, 0.5) is 5.82 Å². The van der Waals surface area contributed by atoms with Gasteiger partial charge in [0.15, 0.2) is 0 Å². The van der Waals surface area contributed by atoms with E-state index in [2.05, 4.69) is 27.4 Å². The Kier molecular flexibility index (Phi) is 4.14. The molecule has 7 heteroatoms. The van der Waals surface area contributed by atoms with Crippen molar-refractivity contribution in [3.8, 4) is 0 Å². The van der Waals surface area contributed by atoms with E-state index in [9.17, 15) is 9.59 Å². The highest BCUT2D eigenvalue weighted by molar-refractivity contribution is 5.34. The first-order valence-corrected chi connectivity index (χ1v) is 6.38. The molecule has 2 rings (SSSR count). The minimum atomic E-state index is -0.570. The Morgan fingerprint density at radius 3 is 2.89 bits per heavy atom. The predicted molar refractivity (Wildman–Crippen MR) is 69.0 cm³/mol. The molecule has 0 spiro atoms. The number of nitrogens with zero attached hydrogens (tertiary/aromatic N) is 2. The zero-order valence-electron chi connectivity index (χ0n) is 10.5. The Bertz CT molecular complexity index is 489. The first-order valence-electron chi connectivity index (χ1n) is 6.38. The molecule has 1 aromatic rings. The average molecular weight is 253 g/mol. The highest BCUT2D eigenvalue weighted by atomic mass is 16.2. The zero-order valence-corrected chi connectivity index (χ0v) is 10.5. The van der Waals surface area contributed by atoms with Gasteiger partial charge in [-0.25, -0.2) is 9.89 Å². The van der Waals surface area contributed by atoms with Crippen LogP contribution in [0.3, 0.4) is 0 Å². The van der Waals surface area contributed by atoms with E-state index < -0.39 is 11.2 Å². The highest BCUT2D eigenvalue weighted by Crippen LogP contribution is 2.10. The molecular formula is C11H19N5O2. The lowest BCUT2D eigenvalue weighted by atomic mass is 10.2. The van der Waals surface area contributed by atoms with Crippen LogP contribution >= 0.6 is 0 Å². The number of H-pyrrole nitrogens is 2. The highest BCUT2D eigenvalue weighted by Gasteiger charge is 2.20. The normalized spacial score (nSPS) is 19.1. The SMILES string of the molecule is CCCN(CC1CCCN1)c1n[nH]c(=O)[nH]c1=O. The quantitative estimate of drug-likeness (QED) is 0.653. The van der Waals surface area contributed by atoms with Crippen LogP contribution < -0.4 is 21.5 Å². The number of hydrogen-bond acceptors (Lipinski definition) is 5. The third kappa shape index (κ3) is 2.98. The molecule has 1 aliphatic rings. The van der Waals surface area contributed by atoms with Gasteiger partial charge in [-0.05, 0) is 25.8 Å². The molecule has 1 aromatic heterocycles. The van der Waals surface area contributed by atoms with Gasteiger partial charge in [0.1, 0.15) is 0 Å². The summed E-state index contributed by atoms with van der Waals surface area (Å²) in [4.78, 5) is 26.8. The van der Waals surface area contributed by atoms with Gasteiger partial charge in [-0.1, -0.05) is 6.92 Å². The Labute approximate surface area is 105 Å². The smallest absolute Gasteiger partial charge is 0.342 e. The van der Waals surface area contributed by atoms with E-state index in [0.29, 0.717) is 11.9 Å². The van der Waals surface area contributed by atoms with Crippen molar-refractivity contribution in [3.63, 3.8) is 0 Å². The maximum Gasteiger partial charge on any atom is 0.342 e. The van der Waals surface area contributed by atoms with Gasteiger partial charge in [-0.3, -0.25) is 9.78 Å². The van der Waals surface area contributed by atoms with Crippen LogP contribution in [0.5, 0.6) is 0 Å². The van der Waals surface area contributed by atoms with Crippen molar-refractivity contribution in [2.45, 2.75) is 32.2 Å². The number of anilines is 1. The predicted octanol–water partition coefficient (Wildman–Crippen LogP) is -0.573. The van der Waals surface area contributed by atoms with E-state index in [0.717, 1.165) is 32.5 Å². The molecule has 100 valence electrons. The minimum Gasteiger partial charge on any atom is -0.349 e. The minimum absolute atomic E-state index is 0.296. The van der Waals surface area contributed by atoms with Gasteiger partial charge in [-0.2, -0.15) is 0 Å². The van der Waals surface area contributed by atoms with Crippen LogP contribution in [0.15, 0.2) is 9.59 Å². The van der Waals surface area contributed by atoms with Crippen LogP contribution in [-0.2, 0) is 0 Å². The topological polar surface area (TPSA) is 93.9 Å². The molecule has 2 heterocycles. The van der Waals surface area contributed by atoms with E-state index >= 15 is 0 Å². The molecule has 0 bridgehead atoms. The second kappa shape index (κ2) is 5.81. The van der Waals surface area contributed by atoms with Crippen LogP contribution in [0.25, 0.3) is 0 Å². The van der Waals surface area contributed by atoms with E-state index in [4.69, 9.17) is 0 Å². The second-order valence-corrected chi connectivity index (χ2v) is 4.57. The molecule has 0 aliphatic carbocycles. The molecule has 18 heavy (non-hydrogen) atoms. The largest absolute Gasteiger partial charge is 0.349 e. The lowest BCUT2D eigenvalue weighted by molar-refractivity contribution is 0.571. The molecule has 1 aliphatic heterocycles. The van der Waals surface area contributed by atoms with Gasteiger partial charge < -0.3 is 10.2 Å². The standard InChI is InChI=1S/C11H19N5O2/c1-2-6-16(7-8-4-3-5-12-8)9-10(17)13-11(18)15-14-9/h8,12H,2-7H2,1H3,(H2,13,15,17,18). The molecule has 0 saturated carbocycles. The van der Waals surface area contributed by atoms with Crippen molar-refractivity contribution in [1.29, 1.82) is 0 Å². The first kappa shape index (κ1) is 12.8. The molecule has 3 N–H and O–H groups in total. The molecule has 0 aromatic carbocycles. The van der Waals surface area contributed by atoms with Crippen LogP contribution in [0.2, 0.25) is 0 Å². The summed E-state index contributed by atoms with van der Waals surface area (Å²) >= 11 is 0. The van der Waals surface area contributed by atoms with Gasteiger partial charge in [0.2, 0.25) is 5.82 Å². The fourth-order valence-electron chi connectivity index (χ4n) is 2.29. The average Bonchev–Trinajstić information content (AvgIpc) is 2.81. The first-order chi connectivity index (χ1) is 8.70. The number of aromatic nitrogens is 3. The van der Waals surface area contributed by atoms with Crippen molar-refractivity contribution >= 4 is 5.82 Å². The summed E-state index contributed by atoms with van der Waals surface area (Å²) in [6, 6.07) is 0.393. The maximum absolute atomic E-state index is 11.7. The lowest BCUT2D eigenvalue weighted by Gasteiger charge is -2.25. The summed E-state index contributed by atoms with van der Waals surface area (Å²) in [5.41, 5.74) is -0.996. The van der Waals surface area contributed by atoms with Crippen molar-refractivity contribution in [1.82, 2.24) is 20.5 Å². The van der Waals surface area contributed by atoms with Gasteiger partial charge in [0.25, 0.3) is 5.56 Å². The van der Waals surface area contributed by atoms with Crippen molar-refractivity contribution < 1.29 is 0 Å². The van der Waals surface area contributed by atoms with E-state index in [1.165, 1.54) is 6.42 Å². The molecule has 1 saturated heterocycles. The summed E-state index contributed by atoms with van der Waals surface area (Å²) in [5, 5.41) is 9.53. The number of nitrogens with one attached hydrogen (secondary N) is 3. The van der Waals surface area contributed by atoms with Crippen LogP contribution in [0.1, 0.15) is 26.2 Å². The number of rotatable bonds is 5. The van der Waals surface area contributed by atoms with Gasteiger partial charge in [0.05, 0.1) is 0 Å². The van der Waals surface area contributed by atoms with Gasteiger partial charge >= 0.3 is 5.69 Å². The van der Waals surface area contributed by atoms with E-state index in [-0.39, 0.29) is 0 Å². The molecule has 1 fully saturated rings. The molecule has 1 atom stereocenters. The molecule has 0 radical (unpaired) electrons. The molecule has 0 amide bonds. The Morgan fingerprint density at radius 1 is 1.44 bits per heavy atom.